The van der Waals surface area contributed by atoms with Crippen LogP contribution in [0.2, 0.25) is 0 Å². The van der Waals surface area contributed by atoms with Crippen LogP contribution in [0.3, 0.4) is 0 Å². The summed E-state index contributed by atoms with van der Waals surface area (Å²) < 4.78 is 5.34. The summed E-state index contributed by atoms with van der Waals surface area (Å²) in [5, 5.41) is 11.2. The smallest absolute Gasteiger partial charge is 0.308 e. The molecule has 19 heavy (non-hydrogen) atoms. The molecule has 0 spiro atoms. The predicted octanol–water partition coefficient (Wildman–Crippen LogP) is 1.52. The van der Waals surface area contributed by atoms with E-state index in [4.69, 9.17) is 9.84 Å². The van der Waals surface area contributed by atoms with E-state index >= 15 is 0 Å². The normalized spacial score (nSPS) is 11.7. The van der Waals surface area contributed by atoms with Crippen LogP contribution in [0.1, 0.15) is 18.1 Å². The summed E-state index contributed by atoms with van der Waals surface area (Å²) in [6.07, 6.45) is 0. The summed E-state index contributed by atoms with van der Waals surface area (Å²) in [7, 11) is 0. The van der Waals surface area contributed by atoms with Gasteiger partial charge in [-0.15, -0.1) is 0 Å². The van der Waals surface area contributed by atoms with E-state index in [1.54, 1.807) is 6.07 Å². The lowest BCUT2D eigenvalue weighted by Crippen LogP contribution is -2.34. The molecule has 1 aromatic carbocycles. The lowest BCUT2D eigenvalue weighted by atomic mass is 10.1. The summed E-state index contributed by atoms with van der Waals surface area (Å²) in [4.78, 5) is 22.0. The van der Waals surface area contributed by atoms with Gasteiger partial charge in [-0.2, -0.15) is 0 Å². The lowest BCUT2D eigenvalue weighted by molar-refractivity contribution is -0.141. The van der Waals surface area contributed by atoms with Crippen LogP contribution >= 0.6 is 0 Å². The van der Waals surface area contributed by atoms with Crippen molar-refractivity contribution >= 4 is 11.9 Å². The van der Waals surface area contributed by atoms with Gasteiger partial charge in [0.15, 0.2) is 6.61 Å². The molecule has 0 aliphatic rings. The van der Waals surface area contributed by atoms with Crippen LogP contribution in [-0.2, 0) is 9.59 Å². The molecular formula is C14H19NO4. The third-order valence-corrected chi connectivity index (χ3v) is 2.88. The molecule has 1 rings (SSSR count). The van der Waals surface area contributed by atoms with Crippen LogP contribution in [-0.4, -0.2) is 30.1 Å². The third kappa shape index (κ3) is 4.99. The van der Waals surface area contributed by atoms with Crippen molar-refractivity contribution in [1.29, 1.82) is 0 Å². The summed E-state index contributed by atoms with van der Waals surface area (Å²) in [5.74, 6) is -1.24. The van der Waals surface area contributed by atoms with Gasteiger partial charge in [0.1, 0.15) is 5.75 Å². The Hall–Kier alpha value is -2.04. The Morgan fingerprint density at radius 2 is 2.00 bits per heavy atom. The number of benzene rings is 1. The minimum absolute atomic E-state index is 0.102. The average Bonchev–Trinajstić information content (AvgIpc) is 2.37. The molecule has 0 aliphatic heterocycles. The molecule has 0 aromatic heterocycles. The molecule has 1 amide bonds. The summed E-state index contributed by atoms with van der Waals surface area (Å²) in [6.45, 7) is 5.49. The summed E-state index contributed by atoms with van der Waals surface area (Å²) >= 11 is 0. The van der Waals surface area contributed by atoms with Gasteiger partial charge in [0.05, 0.1) is 5.92 Å². The maximum Gasteiger partial charge on any atom is 0.308 e. The van der Waals surface area contributed by atoms with Crippen LogP contribution in [0.4, 0.5) is 0 Å². The van der Waals surface area contributed by atoms with Crippen LogP contribution < -0.4 is 10.1 Å². The quantitative estimate of drug-likeness (QED) is 0.817. The number of carbonyl (C=O) groups is 2. The maximum absolute atomic E-state index is 11.5. The lowest BCUT2D eigenvalue weighted by Gasteiger charge is -2.10. The van der Waals surface area contributed by atoms with Crippen LogP contribution in [0.15, 0.2) is 18.2 Å². The zero-order valence-electron chi connectivity index (χ0n) is 11.4. The van der Waals surface area contributed by atoms with E-state index in [1.807, 2.05) is 26.0 Å². The minimum Gasteiger partial charge on any atom is -0.484 e. The second kappa shape index (κ2) is 6.78. The fourth-order valence-corrected chi connectivity index (χ4v) is 1.36. The monoisotopic (exact) mass is 265 g/mol. The van der Waals surface area contributed by atoms with Crippen molar-refractivity contribution in [2.75, 3.05) is 13.2 Å². The molecule has 1 atom stereocenters. The fraction of sp³-hybridized carbons (Fsp3) is 0.429. The Kier molecular flexibility index (Phi) is 5.36. The maximum atomic E-state index is 11.5. The topological polar surface area (TPSA) is 75.6 Å². The number of hydrogen-bond acceptors (Lipinski definition) is 3. The molecule has 1 unspecified atom stereocenters. The van der Waals surface area contributed by atoms with Crippen molar-refractivity contribution in [2.24, 2.45) is 5.92 Å². The molecule has 2 N–H and O–H groups in total. The molecule has 0 saturated heterocycles. The number of nitrogens with one attached hydrogen (secondary N) is 1. The second-order valence-electron chi connectivity index (χ2n) is 4.58. The molecule has 0 aliphatic carbocycles. The highest BCUT2D eigenvalue weighted by Crippen LogP contribution is 2.16. The second-order valence-corrected chi connectivity index (χ2v) is 4.58. The summed E-state index contributed by atoms with van der Waals surface area (Å²) in [6, 6.07) is 5.59. The Morgan fingerprint density at radius 3 is 2.58 bits per heavy atom. The van der Waals surface area contributed by atoms with E-state index in [-0.39, 0.29) is 19.1 Å². The molecule has 0 bridgehead atoms. The largest absolute Gasteiger partial charge is 0.484 e. The van der Waals surface area contributed by atoms with Crippen molar-refractivity contribution in [1.82, 2.24) is 5.32 Å². The number of carbonyl (C=O) groups excluding carboxylic acids is 1. The van der Waals surface area contributed by atoms with Gasteiger partial charge in [0, 0.05) is 6.54 Å². The van der Waals surface area contributed by atoms with Crippen molar-refractivity contribution in [3.63, 3.8) is 0 Å². The number of amides is 1. The molecule has 0 heterocycles. The first-order chi connectivity index (χ1) is 8.90. The molecule has 5 heteroatoms. The number of aryl methyl sites for hydroxylation is 2. The zero-order chi connectivity index (χ0) is 14.4. The van der Waals surface area contributed by atoms with Crippen LogP contribution in [0.25, 0.3) is 0 Å². The number of carboxylic acids is 1. The van der Waals surface area contributed by atoms with Crippen molar-refractivity contribution in [3.8, 4) is 5.75 Å². The van der Waals surface area contributed by atoms with E-state index in [0.717, 1.165) is 11.1 Å². The highest BCUT2D eigenvalue weighted by atomic mass is 16.5. The highest BCUT2D eigenvalue weighted by Gasteiger charge is 2.12. The van der Waals surface area contributed by atoms with Crippen molar-refractivity contribution < 1.29 is 19.4 Å². The first-order valence-electron chi connectivity index (χ1n) is 6.09. The van der Waals surface area contributed by atoms with Gasteiger partial charge in [0.2, 0.25) is 0 Å². The number of rotatable bonds is 6. The summed E-state index contributed by atoms with van der Waals surface area (Å²) in [5.41, 5.74) is 2.25. The fourth-order valence-electron chi connectivity index (χ4n) is 1.36. The van der Waals surface area contributed by atoms with E-state index in [2.05, 4.69) is 5.32 Å². The van der Waals surface area contributed by atoms with E-state index < -0.39 is 11.9 Å². The van der Waals surface area contributed by atoms with Gasteiger partial charge >= 0.3 is 5.97 Å². The molecule has 5 nitrogen and oxygen atoms in total. The Morgan fingerprint density at radius 1 is 1.32 bits per heavy atom. The van der Waals surface area contributed by atoms with E-state index in [0.29, 0.717) is 5.75 Å². The standard InChI is InChI=1S/C14H19NO4/c1-9-4-5-12(6-10(9)2)19-8-13(16)15-7-11(3)14(17)18/h4-6,11H,7-8H2,1-3H3,(H,15,16)(H,17,18). The van der Waals surface area contributed by atoms with E-state index in [9.17, 15) is 9.59 Å². The average molecular weight is 265 g/mol. The van der Waals surface area contributed by atoms with E-state index in [1.165, 1.54) is 6.92 Å². The van der Waals surface area contributed by atoms with Crippen LogP contribution in [0, 0.1) is 19.8 Å². The molecule has 0 fully saturated rings. The zero-order valence-corrected chi connectivity index (χ0v) is 11.4. The Bertz CT molecular complexity index is 471. The van der Waals surface area contributed by atoms with Crippen molar-refractivity contribution in [2.45, 2.75) is 20.8 Å². The SMILES string of the molecule is Cc1ccc(OCC(=O)NCC(C)C(=O)O)cc1C. The number of carboxylic acid groups (broad SMARTS) is 1. The van der Waals surface area contributed by atoms with Gasteiger partial charge in [-0.3, -0.25) is 9.59 Å². The Labute approximate surface area is 112 Å². The number of hydrogen-bond donors (Lipinski definition) is 2. The van der Waals surface area contributed by atoms with Gasteiger partial charge in [-0.1, -0.05) is 13.0 Å². The first-order valence-corrected chi connectivity index (χ1v) is 6.09. The third-order valence-electron chi connectivity index (χ3n) is 2.88. The predicted molar refractivity (Wildman–Crippen MR) is 71.2 cm³/mol. The molecule has 0 saturated carbocycles. The van der Waals surface area contributed by atoms with Gasteiger partial charge in [-0.05, 0) is 37.1 Å². The van der Waals surface area contributed by atoms with Gasteiger partial charge < -0.3 is 15.2 Å². The van der Waals surface area contributed by atoms with Gasteiger partial charge in [0.25, 0.3) is 5.91 Å². The molecular weight excluding hydrogens is 246 g/mol. The highest BCUT2D eigenvalue weighted by molar-refractivity contribution is 5.78. The molecule has 104 valence electrons. The minimum atomic E-state index is -0.935. The number of aliphatic carboxylic acids is 1. The number of ether oxygens (including phenoxy) is 1. The van der Waals surface area contributed by atoms with Gasteiger partial charge in [-0.25, -0.2) is 0 Å². The van der Waals surface area contributed by atoms with Crippen LogP contribution in [0.5, 0.6) is 5.75 Å². The Balaban J connectivity index is 2.37. The molecule has 1 aromatic rings. The van der Waals surface area contributed by atoms with Crippen molar-refractivity contribution in [3.05, 3.63) is 29.3 Å². The molecule has 0 radical (unpaired) electrons. The first kappa shape index (κ1) is 15.0.